The minimum atomic E-state index is -0.851. The van der Waals surface area contributed by atoms with Crippen LogP contribution < -0.4 is 0 Å². The molecule has 0 saturated heterocycles. The van der Waals surface area contributed by atoms with E-state index in [-0.39, 0.29) is 16.6 Å². The van der Waals surface area contributed by atoms with Gasteiger partial charge in [0.25, 0.3) is 0 Å². The molecule has 0 aliphatic rings. The maximum absolute atomic E-state index is 11.2. The average Bonchev–Trinajstić information content (AvgIpc) is 2.83. The summed E-state index contributed by atoms with van der Waals surface area (Å²) in [5, 5.41) is 19.8. The minimum absolute atomic E-state index is 0.238. The van der Waals surface area contributed by atoms with Gasteiger partial charge in [-0.15, -0.1) is 0 Å². The maximum Gasteiger partial charge on any atom is 0.310 e. The van der Waals surface area contributed by atoms with Crippen molar-refractivity contribution in [3.8, 4) is 5.75 Å². The summed E-state index contributed by atoms with van der Waals surface area (Å²) in [7, 11) is 0. The number of aliphatic carboxylic acids is 1. The van der Waals surface area contributed by atoms with Gasteiger partial charge in [-0.05, 0) is 34.4 Å². The molecule has 0 spiro atoms. The fraction of sp³-hybridized carbons (Fsp3) is 0.800. The maximum atomic E-state index is 11.2. The van der Waals surface area contributed by atoms with Gasteiger partial charge in [0, 0.05) is 0 Å². The Kier molecular flexibility index (Phi) is 18.8. The second-order valence-electron chi connectivity index (χ2n) is 13.5. The normalized spacial score (nSPS) is 12.7. The molecule has 0 amide bonds. The standard InChI is InChI=1S/C18H38.C17H26O3/c1-3-5-7-9-11-13-15-17-18-16-14-12-10-8-6-4-2;1-10(15(19)20)11-8-12(16(2,3)4)14(18)13(9-11)17(5,6)7/h3-18H2,1-2H3;8-10,18H,1-7H3,(H,19,20). The molecule has 3 nitrogen and oxygen atoms in total. The number of aromatic hydroxyl groups is 1. The van der Waals surface area contributed by atoms with Crippen molar-refractivity contribution in [2.45, 2.75) is 182 Å². The Hall–Kier alpha value is -1.51. The van der Waals surface area contributed by atoms with Crippen molar-refractivity contribution in [1.82, 2.24) is 0 Å². The molecule has 0 bridgehead atoms. The van der Waals surface area contributed by atoms with Gasteiger partial charge in [0.1, 0.15) is 5.75 Å². The summed E-state index contributed by atoms with van der Waals surface area (Å²) in [6, 6.07) is 3.65. The van der Waals surface area contributed by atoms with Crippen LogP contribution in [0.2, 0.25) is 0 Å². The second kappa shape index (κ2) is 19.5. The van der Waals surface area contributed by atoms with E-state index in [1.165, 1.54) is 103 Å². The smallest absolute Gasteiger partial charge is 0.310 e. The van der Waals surface area contributed by atoms with Crippen molar-refractivity contribution < 1.29 is 15.0 Å². The van der Waals surface area contributed by atoms with E-state index in [1.807, 2.05) is 53.7 Å². The van der Waals surface area contributed by atoms with Gasteiger partial charge in [-0.2, -0.15) is 0 Å². The lowest BCUT2D eigenvalue weighted by Crippen LogP contribution is -2.19. The van der Waals surface area contributed by atoms with Crippen LogP contribution in [0.15, 0.2) is 12.1 Å². The van der Waals surface area contributed by atoms with Gasteiger partial charge < -0.3 is 10.2 Å². The van der Waals surface area contributed by atoms with E-state index >= 15 is 0 Å². The molecule has 0 aromatic heterocycles. The lowest BCUT2D eigenvalue weighted by Gasteiger charge is -2.28. The highest BCUT2D eigenvalue weighted by Crippen LogP contribution is 2.41. The highest BCUT2D eigenvalue weighted by molar-refractivity contribution is 5.76. The largest absolute Gasteiger partial charge is 0.507 e. The van der Waals surface area contributed by atoms with Crippen LogP contribution >= 0.6 is 0 Å². The summed E-state index contributed by atoms with van der Waals surface area (Å²) < 4.78 is 0. The molecule has 0 saturated carbocycles. The molecule has 2 N–H and O–H groups in total. The van der Waals surface area contributed by atoms with Crippen molar-refractivity contribution in [2.75, 3.05) is 0 Å². The molecular weight excluding hydrogens is 468 g/mol. The first kappa shape index (κ1) is 36.5. The van der Waals surface area contributed by atoms with E-state index in [0.717, 1.165) is 16.7 Å². The fourth-order valence-electron chi connectivity index (χ4n) is 4.81. The summed E-state index contributed by atoms with van der Waals surface area (Å²) in [4.78, 5) is 11.2. The van der Waals surface area contributed by atoms with Crippen molar-refractivity contribution in [1.29, 1.82) is 0 Å². The van der Waals surface area contributed by atoms with Crippen LogP contribution in [0.5, 0.6) is 5.75 Å². The summed E-state index contributed by atoms with van der Waals surface area (Å²) >= 11 is 0. The Morgan fingerprint density at radius 3 is 1.11 bits per heavy atom. The third-order valence-corrected chi connectivity index (χ3v) is 7.58. The monoisotopic (exact) mass is 532 g/mol. The summed E-state index contributed by atoms with van der Waals surface area (Å²) in [6.45, 7) is 18.4. The first-order valence-electron chi connectivity index (χ1n) is 15.9. The van der Waals surface area contributed by atoms with E-state index in [2.05, 4.69) is 13.8 Å². The number of carboxylic acid groups (broad SMARTS) is 1. The predicted molar refractivity (Wildman–Crippen MR) is 167 cm³/mol. The quantitative estimate of drug-likeness (QED) is 0.196. The molecular formula is C35H64O3. The van der Waals surface area contributed by atoms with Gasteiger partial charge in [0.05, 0.1) is 5.92 Å². The molecule has 0 aliphatic heterocycles. The third-order valence-electron chi connectivity index (χ3n) is 7.58. The molecule has 38 heavy (non-hydrogen) atoms. The molecule has 1 aromatic carbocycles. The molecule has 222 valence electrons. The highest BCUT2D eigenvalue weighted by Gasteiger charge is 2.28. The Balaban J connectivity index is 0.000000726. The third kappa shape index (κ3) is 15.8. The van der Waals surface area contributed by atoms with Gasteiger partial charge in [0.15, 0.2) is 0 Å². The van der Waals surface area contributed by atoms with Crippen molar-refractivity contribution in [3.05, 3.63) is 28.8 Å². The Bertz CT molecular complexity index is 700. The van der Waals surface area contributed by atoms with Gasteiger partial charge in [-0.1, -0.05) is 170 Å². The molecule has 1 unspecified atom stereocenters. The SMILES string of the molecule is CC(C(=O)O)c1cc(C(C)(C)C)c(O)c(C(C)(C)C)c1.CCCCCCCCCCCCCCCCCC. The van der Waals surface area contributed by atoms with Crippen LogP contribution in [0.3, 0.4) is 0 Å². The number of carbonyl (C=O) groups is 1. The van der Waals surface area contributed by atoms with Crippen LogP contribution in [0.25, 0.3) is 0 Å². The van der Waals surface area contributed by atoms with E-state index in [0.29, 0.717) is 0 Å². The molecule has 0 heterocycles. The molecule has 1 aromatic rings. The van der Waals surface area contributed by atoms with Gasteiger partial charge >= 0.3 is 5.97 Å². The van der Waals surface area contributed by atoms with E-state index in [9.17, 15) is 15.0 Å². The van der Waals surface area contributed by atoms with Gasteiger partial charge in [-0.3, -0.25) is 4.79 Å². The highest BCUT2D eigenvalue weighted by atomic mass is 16.4. The summed E-state index contributed by atoms with van der Waals surface area (Å²) in [5.74, 6) is -1.15. The molecule has 0 aliphatic carbocycles. The Morgan fingerprint density at radius 2 is 0.895 bits per heavy atom. The van der Waals surface area contributed by atoms with Crippen LogP contribution in [0.1, 0.15) is 188 Å². The number of hydrogen-bond donors (Lipinski definition) is 2. The zero-order valence-corrected chi connectivity index (χ0v) is 26.8. The molecule has 1 atom stereocenters. The molecule has 1 rings (SSSR count). The van der Waals surface area contributed by atoms with E-state index in [1.54, 1.807) is 6.92 Å². The second-order valence-corrected chi connectivity index (χ2v) is 13.5. The topological polar surface area (TPSA) is 57.5 Å². The minimum Gasteiger partial charge on any atom is -0.507 e. The average molecular weight is 533 g/mol. The van der Waals surface area contributed by atoms with Crippen LogP contribution in [-0.2, 0) is 15.6 Å². The Morgan fingerprint density at radius 1 is 0.632 bits per heavy atom. The zero-order valence-electron chi connectivity index (χ0n) is 26.8. The number of hydrogen-bond acceptors (Lipinski definition) is 2. The van der Waals surface area contributed by atoms with Gasteiger partial charge in [0.2, 0.25) is 0 Å². The summed E-state index contributed by atoms with van der Waals surface area (Å²) in [6.07, 6.45) is 23.4. The van der Waals surface area contributed by atoms with Gasteiger partial charge in [-0.25, -0.2) is 0 Å². The van der Waals surface area contributed by atoms with Crippen molar-refractivity contribution in [3.63, 3.8) is 0 Å². The van der Waals surface area contributed by atoms with Crippen LogP contribution in [-0.4, -0.2) is 16.2 Å². The Labute approximate surface area is 237 Å². The number of carboxylic acids is 1. The summed E-state index contributed by atoms with van der Waals surface area (Å²) in [5.41, 5.74) is 1.86. The van der Waals surface area contributed by atoms with Crippen LogP contribution in [0.4, 0.5) is 0 Å². The number of benzene rings is 1. The molecule has 3 heteroatoms. The predicted octanol–water partition coefficient (Wildman–Crippen LogP) is 11.4. The van der Waals surface area contributed by atoms with Crippen LogP contribution in [0, 0.1) is 0 Å². The van der Waals surface area contributed by atoms with E-state index < -0.39 is 11.9 Å². The molecule has 0 radical (unpaired) electrons. The number of phenolic OH excluding ortho intramolecular Hbond substituents is 1. The molecule has 0 fully saturated rings. The van der Waals surface area contributed by atoms with Crippen molar-refractivity contribution in [2.24, 2.45) is 0 Å². The number of phenols is 1. The fourth-order valence-corrected chi connectivity index (χ4v) is 4.81. The lowest BCUT2D eigenvalue weighted by atomic mass is 9.77. The van der Waals surface area contributed by atoms with E-state index in [4.69, 9.17) is 0 Å². The first-order valence-corrected chi connectivity index (χ1v) is 15.9. The lowest BCUT2D eigenvalue weighted by molar-refractivity contribution is -0.138. The van der Waals surface area contributed by atoms with Crippen molar-refractivity contribution >= 4 is 5.97 Å². The zero-order chi connectivity index (χ0) is 29.2. The number of unbranched alkanes of at least 4 members (excludes halogenated alkanes) is 15. The number of rotatable bonds is 17. The first-order chi connectivity index (χ1) is 17.8.